The first-order chi connectivity index (χ1) is 33.7. The van der Waals surface area contributed by atoms with E-state index >= 15 is 0 Å². The van der Waals surface area contributed by atoms with Gasteiger partial charge in [-0.25, -0.2) is 0 Å². The molecule has 0 fully saturated rings. The predicted octanol–water partition coefficient (Wildman–Crippen LogP) is 19.1. The molecule has 0 radical (unpaired) electrons. The highest BCUT2D eigenvalue weighted by Gasteiger charge is 2.19. The van der Waals surface area contributed by atoms with E-state index in [1.54, 1.807) is 0 Å². The van der Waals surface area contributed by atoms with Gasteiger partial charge in [-0.3, -0.25) is 0 Å². The van der Waals surface area contributed by atoms with Crippen molar-refractivity contribution in [2.75, 3.05) is 0 Å². The number of benzene rings is 13. The Hall–Kier alpha value is -8.98. The molecule has 0 saturated carbocycles. The van der Waals surface area contributed by atoms with Crippen molar-refractivity contribution in [3.05, 3.63) is 231 Å². The normalized spacial score (nSPS) is 12.1. The van der Waals surface area contributed by atoms with Crippen molar-refractivity contribution in [3.8, 4) is 44.5 Å². The molecule has 0 N–H and O–H groups in total. The van der Waals surface area contributed by atoms with E-state index < -0.39 is 0 Å². The lowest BCUT2D eigenvalue weighted by Crippen LogP contribution is -1.86. The number of furan rings is 2. The molecule has 0 aliphatic rings. The molecule has 314 valence electrons. The monoisotopic (exact) mass is 862 g/mol. The smallest absolute Gasteiger partial charge is 0.147 e. The molecular formula is C66H38O2. The van der Waals surface area contributed by atoms with E-state index in [4.69, 9.17) is 8.83 Å². The summed E-state index contributed by atoms with van der Waals surface area (Å²) in [6, 6.07) is 84.1. The molecule has 13 aromatic carbocycles. The molecule has 0 unspecified atom stereocenters. The molecule has 0 saturated heterocycles. The maximum Gasteiger partial charge on any atom is 0.147 e. The highest BCUT2D eigenvalue weighted by molar-refractivity contribution is 6.27. The average molecular weight is 863 g/mol. The summed E-state index contributed by atoms with van der Waals surface area (Å²) in [4.78, 5) is 0. The minimum atomic E-state index is 0.817. The first kappa shape index (κ1) is 37.3. The van der Waals surface area contributed by atoms with Crippen LogP contribution < -0.4 is 0 Å². The Bertz CT molecular complexity index is 4550. The topological polar surface area (TPSA) is 26.3 Å². The van der Waals surface area contributed by atoms with E-state index in [0.717, 1.165) is 66.1 Å². The second-order valence-electron chi connectivity index (χ2n) is 18.3. The van der Waals surface area contributed by atoms with Gasteiger partial charge in [-0.15, -0.1) is 0 Å². The van der Waals surface area contributed by atoms with Crippen molar-refractivity contribution >= 4 is 109 Å². The zero-order valence-electron chi connectivity index (χ0n) is 36.8. The van der Waals surface area contributed by atoms with Crippen molar-refractivity contribution in [2.24, 2.45) is 0 Å². The third-order valence-electron chi connectivity index (χ3n) is 14.6. The van der Waals surface area contributed by atoms with Crippen molar-refractivity contribution in [3.63, 3.8) is 0 Å². The minimum Gasteiger partial charge on any atom is -0.456 e. The number of hydrogen-bond acceptors (Lipinski definition) is 2. The highest BCUT2D eigenvalue weighted by atomic mass is 16.3. The van der Waals surface area contributed by atoms with Crippen LogP contribution in [0.3, 0.4) is 0 Å². The van der Waals surface area contributed by atoms with Gasteiger partial charge in [-0.2, -0.15) is 0 Å². The number of hydrogen-bond donors (Lipinski definition) is 0. The molecule has 0 bridgehead atoms. The van der Waals surface area contributed by atoms with Gasteiger partial charge < -0.3 is 8.83 Å². The van der Waals surface area contributed by atoms with Crippen LogP contribution in [0.25, 0.3) is 153 Å². The van der Waals surface area contributed by atoms with Crippen molar-refractivity contribution in [1.29, 1.82) is 0 Å². The minimum absolute atomic E-state index is 0.817. The Morgan fingerprint density at radius 3 is 0.926 bits per heavy atom. The van der Waals surface area contributed by atoms with Crippen LogP contribution in [-0.2, 0) is 0 Å². The summed E-state index contributed by atoms with van der Waals surface area (Å²) in [6.45, 7) is 0. The van der Waals surface area contributed by atoms with Gasteiger partial charge in [0.2, 0.25) is 0 Å². The largest absolute Gasteiger partial charge is 0.456 e. The van der Waals surface area contributed by atoms with Gasteiger partial charge in [0.05, 0.1) is 5.39 Å². The van der Waals surface area contributed by atoms with Crippen LogP contribution in [0.4, 0.5) is 0 Å². The first-order valence-corrected chi connectivity index (χ1v) is 23.4. The van der Waals surface area contributed by atoms with Gasteiger partial charge in [0.1, 0.15) is 22.3 Å². The predicted molar refractivity (Wildman–Crippen MR) is 288 cm³/mol. The van der Waals surface area contributed by atoms with Crippen LogP contribution in [-0.4, -0.2) is 0 Å². The van der Waals surface area contributed by atoms with E-state index in [0.29, 0.717) is 0 Å². The molecule has 0 atom stereocenters. The van der Waals surface area contributed by atoms with Gasteiger partial charge in [-0.05, 0) is 170 Å². The fourth-order valence-corrected chi connectivity index (χ4v) is 11.4. The molecule has 0 amide bonds. The molecule has 15 aromatic rings. The Balaban J connectivity index is 0.809. The Morgan fingerprint density at radius 2 is 0.485 bits per heavy atom. The van der Waals surface area contributed by atoms with Gasteiger partial charge >= 0.3 is 0 Å². The van der Waals surface area contributed by atoms with E-state index in [9.17, 15) is 0 Å². The van der Waals surface area contributed by atoms with Crippen molar-refractivity contribution in [2.45, 2.75) is 0 Å². The van der Waals surface area contributed by atoms with Crippen LogP contribution >= 0.6 is 0 Å². The Kier molecular flexibility index (Phi) is 7.81. The summed E-state index contributed by atoms with van der Waals surface area (Å²) in [5.41, 5.74) is 12.7. The maximum atomic E-state index is 6.78. The van der Waals surface area contributed by atoms with Crippen LogP contribution in [0.1, 0.15) is 0 Å². The van der Waals surface area contributed by atoms with Crippen LogP contribution in [0.5, 0.6) is 0 Å². The van der Waals surface area contributed by atoms with Gasteiger partial charge in [0.25, 0.3) is 0 Å². The lowest BCUT2D eigenvalue weighted by Gasteiger charge is -2.12. The number of rotatable bonds is 4. The SMILES string of the molecule is c1cc(-c2ccc3oc4c(ccc5oc6ccc(-c7cccc(-c8ccc9c%10ccccc%10c%10ccccc%10c9c8)c7)cc6c54)c3c2)cc(-c2ccc3c4ccccc4c4ccccc4c3c2)c1. The standard InChI is InChI=1S/C66H38O2/c1-3-19-51-47(15-1)49-17-5-7-21-53(49)58-35-43(23-27-55(51)58)39-11-9-13-41(33-39)45-25-30-62-60(37-45)57-29-32-64-65(66(57)68-62)61-38-46(26-31-63(61)67-64)42-14-10-12-40(34-42)44-24-28-56-52-20-4-2-16-48(52)50-18-6-8-22-54(50)59(56)36-44/h1-38H. The van der Waals surface area contributed by atoms with Gasteiger partial charge in [-0.1, -0.05) is 170 Å². The number of fused-ring (bicyclic) bond motifs is 19. The van der Waals surface area contributed by atoms with Crippen LogP contribution in [0.2, 0.25) is 0 Å². The lowest BCUT2D eigenvalue weighted by atomic mass is 9.91. The summed E-state index contributed by atoms with van der Waals surface area (Å²) in [5.74, 6) is 0. The van der Waals surface area contributed by atoms with Crippen LogP contribution in [0, 0.1) is 0 Å². The fraction of sp³-hybridized carbons (Fsp3) is 0. The van der Waals surface area contributed by atoms with E-state index in [1.165, 1.54) is 86.9 Å². The molecule has 2 aromatic heterocycles. The second kappa shape index (κ2) is 14.3. The third-order valence-corrected chi connectivity index (χ3v) is 14.6. The quantitative estimate of drug-likeness (QED) is 0.165. The third kappa shape index (κ3) is 5.52. The van der Waals surface area contributed by atoms with Gasteiger partial charge in [0, 0.05) is 16.2 Å². The van der Waals surface area contributed by atoms with Crippen molar-refractivity contribution < 1.29 is 8.83 Å². The Morgan fingerprint density at radius 1 is 0.176 bits per heavy atom. The van der Waals surface area contributed by atoms with E-state index in [1.807, 2.05) is 0 Å². The highest BCUT2D eigenvalue weighted by Crippen LogP contribution is 2.44. The summed E-state index contributed by atoms with van der Waals surface area (Å²) in [5, 5.41) is 19.6. The zero-order valence-corrected chi connectivity index (χ0v) is 36.8. The molecule has 2 heterocycles. The average Bonchev–Trinajstić information content (AvgIpc) is 3.98. The molecule has 68 heavy (non-hydrogen) atoms. The lowest BCUT2D eigenvalue weighted by molar-refractivity contribution is 0.663. The molecule has 0 aliphatic heterocycles. The van der Waals surface area contributed by atoms with Crippen LogP contribution in [0.15, 0.2) is 239 Å². The maximum absolute atomic E-state index is 6.78. The molecule has 2 heteroatoms. The molecule has 15 rings (SSSR count). The first-order valence-electron chi connectivity index (χ1n) is 23.4. The molecule has 0 spiro atoms. The summed E-state index contributed by atoms with van der Waals surface area (Å²) in [6.07, 6.45) is 0. The summed E-state index contributed by atoms with van der Waals surface area (Å²) >= 11 is 0. The summed E-state index contributed by atoms with van der Waals surface area (Å²) < 4.78 is 13.3. The van der Waals surface area contributed by atoms with E-state index in [-0.39, 0.29) is 0 Å². The van der Waals surface area contributed by atoms with Crippen molar-refractivity contribution in [1.82, 2.24) is 0 Å². The fourth-order valence-electron chi connectivity index (χ4n) is 11.4. The molecular weight excluding hydrogens is 825 g/mol. The van der Waals surface area contributed by atoms with E-state index in [2.05, 4.69) is 231 Å². The summed E-state index contributed by atoms with van der Waals surface area (Å²) in [7, 11) is 0. The Labute approximate surface area is 390 Å². The molecule has 0 aliphatic carbocycles. The second-order valence-corrected chi connectivity index (χ2v) is 18.3. The van der Waals surface area contributed by atoms with Gasteiger partial charge in [0.15, 0.2) is 0 Å². The zero-order chi connectivity index (χ0) is 44.5. The molecule has 2 nitrogen and oxygen atoms in total.